The van der Waals surface area contributed by atoms with Gasteiger partial charge in [-0.25, -0.2) is 0 Å². The van der Waals surface area contributed by atoms with Crippen LogP contribution < -0.4 is 10.2 Å². The van der Waals surface area contributed by atoms with Crippen LogP contribution in [-0.2, 0) is 13.0 Å². The highest BCUT2D eigenvalue weighted by Crippen LogP contribution is 2.54. The average Bonchev–Trinajstić information content (AvgIpc) is 3.76. The quantitative estimate of drug-likeness (QED) is 0.186. The topological polar surface area (TPSA) is 15.3 Å². The molecule has 0 atom stereocenters. The van der Waals surface area contributed by atoms with Gasteiger partial charge in [-0.2, -0.15) is 0 Å². The largest absolute Gasteiger partial charge is 0.379 e. The molecule has 1 aliphatic rings. The van der Waals surface area contributed by atoms with Crippen molar-refractivity contribution in [2.24, 2.45) is 0 Å². The summed E-state index contributed by atoms with van der Waals surface area (Å²) in [5.41, 5.74) is 10.1. The minimum absolute atomic E-state index is 0.700. The molecule has 3 heterocycles. The van der Waals surface area contributed by atoms with Crippen LogP contribution in [0.2, 0.25) is 0 Å². The molecule has 0 spiro atoms. The lowest BCUT2D eigenvalue weighted by Gasteiger charge is -2.35. The van der Waals surface area contributed by atoms with E-state index >= 15 is 0 Å². The lowest BCUT2D eigenvalue weighted by Crippen LogP contribution is -2.18. The Morgan fingerprint density at radius 1 is 0.462 bits per heavy atom. The Labute approximate surface area is 309 Å². The van der Waals surface area contributed by atoms with Crippen molar-refractivity contribution in [2.45, 2.75) is 13.0 Å². The van der Waals surface area contributed by atoms with Gasteiger partial charge in [0.1, 0.15) is 0 Å². The Bertz CT molecular complexity index is 3020. The zero-order valence-corrected chi connectivity index (χ0v) is 29.9. The maximum absolute atomic E-state index is 4.02. The summed E-state index contributed by atoms with van der Waals surface area (Å²) >= 11 is 3.83. The van der Waals surface area contributed by atoms with E-state index in [-0.39, 0.29) is 0 Å². The van der Waals surface area contributed by atoms with Crippen LogP contribution in [0.1, 0.15) is 16.0 Å². The molecule has 2 aromatic heterocycles. The first-order chi connectivity index (χ1) is 25.8. The van der Waals surface area contributed by atoms with Crippen LogP contribution in [0.25, 0.3) is 62.9 Å². The van der Waals surface area contributed by atoms with Crippen molar-refractivity contribution in [3.05, 3.63) is 180 Å². The predicted octanol–water partition coefficient (Wildman–Crippen LogP) is 14.2. The van der Waals surface area contributed by atoms with Gasteiger partial charge in [-0.05, 0) is 51.7 Å². The van der Waals surface area contributed by atoms with Gasteiger partial charge >= 0.3 is 0 Å². The van der Waals surface area contributed by atoms with Crippen molar-refractivity contribution in [2.75, 3.05) is 10.2 Å². The van der Waals surface area contributed by atoms with Crippen LogP contribution in [0.3, 0.4) is 0 Å². The summed E-state index contributed by atoms with van der Waals surface area (Å²) in [5, 5.41) is 13.1. The van der Waals surface area contributed by atoms with Crippen LogP contribution in [0.4, 0.5) is 22.7 Å². The minimum atomic E-state index is 0.700. The average molecular weight is 701 g/mol. The van der Waals surface area contributed by atoms with E-state index in [1.807, 2.05) is 22.7 Å². The molecular formula is C48H32N2S2. The molecule has 1 aliphatic heterocycles. The Balaban J connectivity index is 1.04. The molecule has 2 nitrogen and oxygen atoms in total. The molecular weight excluding hydrogens is 669 g/mol. The van der Waals surface area contributed by atoms with E-state index in [2.05, 4.69) is 174 Å². The fourth-order valence-corrected chi connectivity index (χ4v) is 10.8. The van der Waals surface area contributed by atoms with Crippen molar-refractivity contribution in [1.82, 2.24) is 0 Å². The Kier molecular flexibility index (Phi) is 6.76. The molecule has 0 fully saturated rings. The fourth-order valence-electron chi connectivity index (χ4n) is 8.41. The standard InChI is InChI=1S/C48H32N2S2/c1-3-17-34-30(12-1)26-27-37-36-20-9-14-31-15-11-23-41(45(31)36)50(47(34)37)40-22-6-2-13-33(40)29-49-46-39-19-5-8-25-43(39)51-44(46)28-32-16-10-21-38-35-18-4-7-24-42(35)52-48(32)38/h1-27,49H,28-29H2. The fraction of sp³-hybridized carbons (Fsp3) is 0.0417. The Morgan fingerprint density at radius 3 is 2.02 bits per heavy atom. The third kappa shape index (κ3) is 4.55. The van der Waals surface area contributed by atoms with Crippen molar-refractivity contribution in [3.8, 4) is 11.1 Å². The van der Waals surface area contributed by atoms with Crippen LogP contribution in [-0.4, -0.2) is 0 Å². The first-order valence-corrected chi connectivity index (χ1v) is 19.5. The van der Waals surface area contributed by atoms with E-state index in [4.69, 9.17) is 0 Å². The summed E-state index contributed by atoms with van der Waals surface area (Å²) in [5.74, 6) is 0. The number of hydrogen-bond acceptors (Lipinski definition) is 4. The third-order valence-corrected chi connectivity index (χ3v) is 13.2. The number of nitrogens with zero attached hydrogens (tertiary/aromatic N) is 1. The molecule has 0 radical (unpaired) electrons. The zero-order chi connectivity index (χ0) is 34.2. The molecule has 8 aromatic carbocycles. The van der Waals surface area contributed by atoms with Gasteiger partial charge < -0.3 is 10.2 Å². The normalized spacial score (nSPS) is 12.3. The molecule has 52 heavy (non-hydrogen) atoms. The summed E-state index contributed by atoms with van der Waals surface area (Å²) in [6.07, 6.45) is 0.887. The summed E-state index contributed by atoms with van der Waals surface area (Å²) < 4.78 is 4.06. The van der Waals surface area contributed by atoms with Crippen molar-refractivity contribution in [3.63, 3.8) is 0 Å². The van der Waals surface area contributed by atoms with Gasteiger partial charge in [0.05, 0.1) is 22.7 Å². The maximum atomic E-state index is 4.02. The lowest BCUT2D eigenvalue weighted by atomic mass is 9.88. The maximum Gasteiger partial charge on any atom is 0.0619 e. The van der Waals surface area contributed by atoms with Gasteiger partial charge in [-0.15, -0.1) is 22.7 Å². The number of para-hydroxylation sites is 1. The van der Waals surface area contributed by atoms with E-state index in [9.17, 15) is 0 Å². The molecule has 0 aliphatic carbocycles. The van der Waals surface area contributed by atoms with Gasteiger partial charge in [-0.3, -0.25) is 0 Å². The van der Waals surface area contributed by atoms with Gasteiger partial charge in [-0.1, -0.05) is 140 Å². The first-order valence-electron chi connectivity index (χ1n) is 17.9. The molecule has 11 rings (SSSR count). The summed E-state index contributed by atoms with van der Waals surface area (Å²) in [4.78, 5) is 3.90. The molecule has 0 bridgehead atoms. The summed E-state index contributed by atoms with van der Waals surface area (Å²) in [6.45, 7) is 0.700. The smallest absolute Gasteiger partial charge is 0.0619 e. The number of anilines is 4. The monoisotopic (exact) mass is 700 g/mol. The number of thiophene rings is 2. The van der Waals surface area contributed by atoms with Crippen molar-refractivity contribution in [1.29, 1.82) is 0 Å². The minimum Gasteiger partial charge on any atom is -0.379 e. The highest BCUT2D eigenvalue weighted by atomic mass is 32.1. The van der Waals surface area contributed by atoms with Gasteiger partial charge in [0.2, 0.25) is 0 Å². The molecule has 0 saturated carbocycles. The molecule has 0 saturated heterocycles. The second-order valence-corrected chi connectivity index (χ2v) is 15.8. The number of nitrogens with one attached hydrogen (secondary N) is 1. The Hall–Kier alpha value is -5.94. The van der Waals surface area contributed by atoms with Crippen LogP contribution in [0.5, 0.6) is 0 Å². The zero-order valence-electron chi connectivity index (χ0n) is 28.3. The molecule has 246 valence electrons. The van der Waals surface area contributed by atoms with E-state index in [1.165, 1.54) is 102 Å². The van der Waals surface area contributed by atoms with Gasteiger partial charge in [0.15, 0.2) is 0 Å². The summed E-state index contributed by atoms with van der Waals surface area (Å²) in [7, 11) is 0. The highest BCUT2D eigenvalue weighted by molar-refractivity contribution is 7.26. The van der Waals surface area contributed by atoms with Crippen LogP contribution in [0, 0.1) is 0 Å². The van der Waals surface area contributed by atoms with Crippen LogP contribution >= 0.6 is 22.7 Å². The number of hydrogen-bond donors (Lipinski definition) is 1. The predicted molar refractivity (Wildman–Crippen MR) is 226 cm³/mol. The van der Waals surface area contributed by atoms with E-state index < -0.39 is 0 Å². The van der Waals surface area contributed by atoms with Crippen molar-refractivity contribution >= 4 is 97.2 Å². The number of rotatable bonds is 6. The molecule has 10 aromatic rings. The molecule has 1 N–H and O–H groups in total. The molecule has 4 heteroatoms. The van der Waals surface area contributed by atoms with Crippen molar-refractivity contribution < 1.29 is 0 Å². The van der Waals surface area contributed by atoms with E-state index in [1.54, 1.807) is 0 Å². The molecule has 0 unspecified atom stereocenters. The first kappa shape index (κ1) is 29.8. The highest BCUT2D eigenvalue weighted by Gasteiger charge is 2.29. The van der Waals surface area contributed by atoms with E-state index in [0.717, 1.165) is 6.42 Å². The summed E-state index contributed by atoms with van der Waals surface area (Å²) in [6, 6.07) is 60.3. The van der Waals surface area contributed by atoms with Gasteiger partial charge in [0, 0.05) is 64.4 Å². The SMILES string of the molecule is c1ccc(N2c3c(ccc4ccccc34)-c3cccc4cccc2c34)c(CNc2c(Cc3cccc4c3sc3ccccc34)sc3ccccc23)c1. The third-order valence-electron chi connectivity index (χ3n) is 10.7. The second kappa shape index (κ2) is 11.8. The number of fused-ring (bicyclic) bond motifs is 8. The lowest BCUT2D eigenvalue weighted by molar-refractivity contribution is 1.12. The van der Waals surface area contributed by atoms with Crippen LogP contribution in [0.15, 0.2) is 164 Å². The van der Waals surface area contributed by atoms with E-state index in [0.29, 0.717) is 6.54 Å². The second-order valence-electron chi connectivity index (χ2n) is 13.6. The van der Waals surface area contributed by atoms with Gasteiger partial charge in [0.25, 0.3) is 0 Å². The Morgan fingerprint density at radius 2 is 1.12 bits per heavy atom. The molecule has 0 amide bonds. The number of benzene rings is 8.